The van der Waals surface area contributed by atoms with Crippen molar-refractivity contribution in [3.63, 3.8) is 0 Å². The molecule has 5 N–H and O–H groups in total. The van der Waals surface area contributed by atoms with Gasteiger partial charge in [0.25, 0.3) is 0 Å². The molecule has 162 valence electrons. The maximum Gasteiger partial charge on any atom is 0.242 e. The van der Waals surface area contributed by atoms with E-state index in [1.54, 1.807) is 0 Å². The third-order valence-electron chi connectivity index (χ3n) is 5.13. The minimum atomic E-state index is -0.735. The topological polar surface area (TPSA) is 115 Å². The fourth-order valence-corrected chi connectivity index (χ4v) is 3.37. The molecule has 8 nitrogen and oxygen atoms in total. The number of aryl methyl sites for hydroxylation is 1. The Kier molecular flexibility index (Phi) is 8.26. The number of carbonyl (C=O) groups is 2. The van der Waals surface area contributed by atoms with Crippen LogP contribution in [0.1, 0.15) is 31.2 Å². The highest BCUT2D eigenvalue weighted by atomic mass is 16.5. The first-order valence-corrected chi connectivity index (χ1v) is 10.6. The molecule has 8 heteroatoms. The number of carbonyl (C=O) groups excluding carboxylic acids is 2. The third kappa shape index (κ3) is 6.88. The fraction of sp³-hybridized carbons (Fsp3) is 0.500. The molecule has 1 heterocycles. The van der Waals surface area contributed by atoms with Crippen LogP contribution < -0.4 is 26.0 Å². The molecule has 1 aromatic rings. The van der Waals surface area contributed by atoms with Crippen molar-refractivity contribution in [3.8, 4) is 5.75 Å². The van der Waals surface area contributed by atoms with Gasteiger partial charge in [0.2, 0.25) is 11.8 Å². The second-order valence-electron chi connectivity index (χ2n) is 7.52. The van der Waals surface area contributed by atoms with Crippen LogP contribution >= 0.6 is 0 Å². The Labute approximate surface area is 177 Å². The van der Waals surface area contributed by atoms with Crippen LogP contribution in [-0.4, -0.2) is 56.9 Å². The van der Waals surface area contributed by atoms with E-state index in [9.17, 15) is 9.59 Å². The predicted molar refractivity (Wildman–Crippen MR) is 116 cm³/mol. The van der Waals surface area contributed by atoms with E-state index in [0.29, 0.717) is 26.2 Å². The minimum Gasteiger partial charge on any atom is -0.492 e. The molecular formula is C22H31N5O3. The van der Waals surface area contributed by atoms with Crippen molar-refractivity contribution in [2.75, 3.05) is 32.8 Å². The van der Waals surface area contributed by atoms with E-state index in [1.165, 1.54) is 5.57 Å². The molecule has 0 aromatic heterocycles. The number of fused-ring (bicyclic) bond motifs is 1. The van der Waals surface area contributed by atoms with Crippen molar-refractivity contribution >= 4 is 18.0 Å². The van der Waals surface area contributed by atoms with E-state index in [4.69, 9.17) is 10.1 Å². The van der Waals surface area contributed by atoms with Gasteiger partial charge in [-0.15, -0.1) is 0 Å². The van der Waals surface area contributed by atoms with Crippen molar-refractivity contribution in [2.24, 2.45) is 0 Å². The van der Waals surface area contributed by atoms with Crippen LogP contribution in [0.2, 0.25) is 0 Å². The Hall–Kier alpha value is -2.87. The highest BCUT2D eigenvalue weighted by Crippen LogP contribution is 2.30. The zero-order valence-electron chi connectivity index (χ0n) is 17.3. The Morgan fingerprint density at radius 2 is 1.90 bits per heavy atom. The molecule has 0 radical (unpaired) electrons. The molecule has 1 aromatic carbocycles. The highest BCUT2D eigenvalue weighted by Gasteiger charge is 2.21. The lowest BCUT2D eigenvalue weighted by molar-refractivity contribution is -0.128. The first-order valence-electron chi connectivity index (χ1n) is 10.6. The van der Waals surface area contributed by atoms with E-state index >= 15 is 0 Å². The number of hydrogen-bond acceptors (Lipinski definition) is 6. The molecule has 1 fully saturated rings. The molecule has 1 unspecified atom stereocenters. The summed E-state index contributed by atoms with van der Waals surface area (Å²) in [5, 5.41) is 19.5. The average molecular weight is 414 g/mol. The summed E-state index contributed by atoms with van der Waals surface area (Å²) in [5.74, 6) is 0.355. The normalized spacial score (nSPS) is 21.7. The van der Waals surface area contributed by atoms with Gasteiger partial charge in [0, 0.05) is 31.8 Å². The maximum absolute atomic E-state index is 12.5. The molecular weight excluding hydrogens is 382 g/mol. The van der Waals surface area contributed by atoms with Gasteiger partial charge in [0.05, 0.1) is 6.54 Å². The van der Waals surface area contributed by atoms with Crippen LogP contribution in [0, 0.1) is 5.41 Å². The lowest BCUT2D eigenvalue weighted by Gasteiger charge is -2.19. The van der Waals surface area contributed by atoms with Crippen molar-refractivity contribution in [2.45, 2.75) is 38.1 Å². The molecule has 1 atom stereocenters. The van der Waals surface area contributed by atoms with Gasteiger partial charge in [-0.25, -0.2) is 0 Å². The van der Waals surface area contributed by atoms with Crippen molar-refractivity contribution in [1.82, 2.24) is 21.3 Å². The number of hydrogen-bond donors (Lipinski definition) is 5. The van der Waals surface area contributed by atoms with Gasteiger partial charge in [-0.2, -0.15) is 0 Å². The van der Waals surface area contributed by atoms with Gasteiger partial charge in [0.15, 0.2) is 0 Å². The van der Waals surface area contributed by atoms with Crippen LogP contribution in [0.25, 0.3) is 0 Å². The van der Waals surface area contributed by atoms with E-state index in [0.717, 1.165) is 48.9 Å². The lowest BCUT2D eigenvalue weighted by Crippen LogP contribution is -2.49. The fourth-order valence-electron chi connectivity index (χ4n) is 3.37. The number of para-hydroxylation sites is 1. The molecule has 1 aliphatic heterocycles. The standard InChI is InChI=1S/C22H31N5O3/c23-10-9-18-22(29)25-11-3-5-17-4-1-2-6-20(17)30-13-12-24-14-19(16-7-8-16)26-15-21(28)27-18/h1-2,4,6,10,18,23-24,26H,3,5,7-9,11-15H2,(H,25,29)(H,27,28). The Balaban J connectivity index is 1.67. The van der Waals surface area contributed by atoms with Gasteiger partial charge in [-0.3, -0.25) is 9.59 Å². The molecule has 0 saturated heterocycles. The first-order chi connectivity index (χ1) is 14.7. The number of amides is 2. The van der Waals surface area contributed by atoms with Gasteiger partial charge >= 0.3 is 0 Å². The summed E-state index contributed by atoms with van der Waals surface area (Å²) in [4.78, 5) is 24.8. The SMILES string of the molecule is N=CCC1NC(=O)CNC(=C2CC2)CNCCOc2ccccc2CCCNC1=O. The van der Waals surface area contributed by atoms with Crippen molar-refractivity contribution in [3.05, 3.63) is 41.1 Å². The zero-order valence-corrected chi connectivity index (χ0v) is 17.3. The second kappa shape index (κ2) is 11.3. The Morgan fingerprint density at radius 3 is 2.70 bits per heavy atom. The molecule has 0 bridgehead atoms. The summed E-state index contributed by atoms with van der Waals surface area (Å²) < 4.78 is 5.96. The number of benzene rings is 1. The van der Waals surface area contributed by atoms with Crippen LogP contribution in [0.4, 0.5) is 0 Å². The van der Waals surface area contributed by atoms with Gasteiger partial charge in [0.1, 0.15) is 18.4 Å². The lowest BCUT2D eigenvalue weighted by atomic mass is 10.1. The van der Waals surface area contributed by atoms with E-state index in [-0.39, 0.29) is 24.8 Å². The predicted octanol–water partition coefficient (Wildman–Crippen LogP) is 0.879. The molecule has 0 spiro atoms. The average Bonchev–Trinajstić information content (AvgIpc) is 3.58. The largest absolute Gasteiger partial charge is 0.492 e. The summed E-state index contributed by atoms with van der Waals surface area (Å²) in [5.41, 5.74) is 3.48. The van der Waals surface area contributed by atoms with Crippen LogP contribution in [0.3, 0.4) is 0 Å². The van der Waals surface area contributed by atoms with Crippen molar-refractivity contribution < 1.29 is 14.3 Å². The molecule has 3 rings (SSSR count). The Bertz CT molecular complexity index is 787. The molecule has 2 amide bonds. The monoisotopic (exact) mass is 413 g/mol. The van der Waals surface area contributed by atoms with Crippen LogP contribution in [0.15, 0.2) is 35.5 Å². The van der Waals surface area contributed by atoms with Gasteiger partial charge < -0.3 is 31.4 Å². The number of rotatable bonds is 2. The van der Waals surface area contributed by atoms with Gasteiger partial charge in [-0.1, -0.05) is 18.2 Å². The van der Waals surface area contributed by atoms with E-state index in [2.05, 4.69) is 21.3 Å². The van der Waals surface area contributed by atoms with Crippen LogP contribution in [-0.2, 0) is 16.0 Å². The maximum atomic E-state index is 12.5. The summed E-state index contributed by atoms with van der Waals surface area (Å²) in [6.07, 6.45) is 4.96. The molecule has 1 saturated carbocycles. The Morgan fingerprint density at radius 1 is 1.07 bits per heavy atom. The van der Waals surface area contributed by atoms with E-state index < -0.39 is 6.04 Å². The second-order valence-corrected chi connectivity index (χ2v) is 7.52. The molecule has 1 aliphatic carbocycles. The smallest absolute Gasteiger partial charge is 0.242 e. The molecule has 30 heavy (non-hydrogen) atoms. The summed E-state index contributed by atoms with van der Waals surface area (Å²) in [6, 6.07) is 7.23. The number of allylic oxidation sites excluding steroid dienone is 1. The van der Waals surface area contributed by atoms with E-state index in [1.807, 2.05) is 24.3 Å². The number of ether oxygens (including phenoxy) is 1. The van der Waals surface area contributed by atoms with Gasteiger partial charge in [-0.05, 0) is 49.1 Å². The minimum absolute atomic E-state index is 0.103. The zero-order chi connectivity index (χ0) is 21.2. The summed E-state index contributed by atoms with van der Waals surface area (Å²) >= 11 is 0. The van der Waals surface area contributed by atoms with Crippen molar-refractivity contribution in [1.29, 1.82) is 5.41 Å². The third-order valence-corrected chi connectivity index (χ3v) is 5.13. The quantitative estimate of drug-likeness (QED) is 0.462. The summed E-state index contributed by atoms with van der Waals surface area (Å²) in [7, 11) is 0. The van der Waals surface area contributed by atoms with Crippen LogP contribution in [0.5, 0.6) is 5.75 Å². The highest BCUT2D eigenvalue weighted by molar-refractivity contribution is 5.90. The molecule has 2 aliphatic rings. The first kappa shape index (κ1) is 21.8. The summed E-state index contributed by atoms with van der Waals surface area (Å²) in [6.45, 7) is 2.51. The number of nitrogens with one attached hydrogen (secondary N) is 5.